The lowest BCUT2D eigenvalue weighted by molar-refractivity contribution is -0.137. The van der Waals surface area contributed by atoms with Crippen molar-refractivity contribution < 1.29 is 14.7 Å². The first-order chi connectivity index (χ1) is 8.82. The van der Waals surface area contributed by atoms with Gasteiger partial charge in [-0.15, -0.1) is 0 Å². The van der Waals surface area contributed by atoms with Crippen LogP contribution in [0, 0.1) is 0 Å². The molecule has 1 unspecified atom stereocenters. The minimum Gasteiger partial charge on any atom is -0.480 e. The van der Waals surface area contributed by atoms with Gasteiger partial charge < -0.3 is 10.4 Å². The van der Waals surface area contributed by atoms with E-state index in [9.17, 15) is 14.7 Å². The number of anilines is 1. The lowest BCUT2D eigenvalue weighted by Gasteiger charge is -2.28. The highest BCUT2D eigenvalue weighted by atomic mass is 16.4. The third-order valence-electron chi connectivity index (χ3n) is 3.23. The van der Waals surface area contributed by atoms with Gasteiger partial charge in [-0.1, -0.05) is 39.0 Å². The number of urea groups is 1. The van der Waals surface area contributed by atoms with Gasteiger partial charge in [0, 0.05) is 0 Å². The average Bonchev–Trinajstić information content (AvgIpc) is 2.70. The number of carbonyl (C=O) groups excluding carboxylic acids is 1. The summed E-state index contributed by atoms with van der Waals surface area (Å²) in [6, 6.07) is 6.23. The highest BCUT2D eigenvalue weighted by Gasteiger charge is 2.38. The zero-order valence-corrected chi connectivity index (χ0v) is 11.3. The minimum atomic E-state index is -0.998. The van der Waals surface area contributed by atoms with Crippen molar-refractivity contribution in [2.24, 2.45) is 0 Å². The molecule has 0 aliphatic carbocycles. The lowest BCUT2D eigenvalue weighted by Crippen LogP contribution is -2.40. The Hall–Kier alpha value is -2.04. The van der Waals surface area contributed by atoms with Crippen LogP contribution in [-0.2, 0) is 10.2 Å². The Morgan fingerprint density at radius 3 is 2.58 bits per heavy atom. The van der Waals surface area contributed by atoms with Crippen molar-refractivity contribution in [2.75, 3.05) is 11.4 Å². The first-order valence-corrected chi connectivity index (χ1v) is 6.22. The van der Waals surface area contributed by atoms with E-state index in [4.69, 9.17) is 0 Å². The number of rotatable bonds is 2. The van der Waals surface area contributed by atoms with Crippen LogP contribution < -0.4 is 10.2 Å². The van der Waals surface area contributed by atoms with Crippen LogP contribution >= 0.6 is 0 Å². The van der Waals surface area contributed by atoms with Crippen LogP contribution in [0.1, 0.15) is 26.3 Å². The Balaban J connectivity index is 2.52. The van der Waals surface area contributed by atoms with Gasteiger partial charge in [0.25, 0.3) is 0 Å². The minimum absolute atomic E-state index is 0.132. The van der Waals surface area contributed by atoms with Crippen molar-refractivity contribution in [3.63, 3.8) is 0 Å². The predicted octanol–water partition coefficient (Wildman–Crippen LogP) is 1.97. The number of hydrogen-bond donors (Lipinski definition) is 2. The Morgan fingerprint density at radius 1 is 1.37 bits per heavy atom. The maximum absolute atomic E-state index is 11.9. The third-order valence-corrected chi connectivity index (χ3v) is 3.23. The molecule has 0 radical (unpaired) electrons. The maximum Gasteiger partial charge on any atom is 0.328 e. The molecule has 0 bridgehead atoms. The van der Waals surface area contributed by atoms with E-state index in [2.05, 4.69) is 5.32 Å². The van der Waals surface area contributed by atoms with Gasteiger partial charge in [-0.3, -0.25) is 4.90 Å². The van der Waals surface area contributed by atoms with Gasteiger partial charge in [0.05, 0.1) is 12.2 Å². The van der Waals surface area contributed by atoms with Gasteiger partial charge in [-0.2, -0.15) is 0 Å². The summed E-state index contributed by atoms with van der Waals surface area (Å²) in [4.78, 5) is 24.5. The van der Waals surface area contributed by atoms with E-state index in [1.807, 2.05) is 39.0 Å². The van der Waals surface area contributed by atoms with E-state index in [1.54, 1.807) is 6.07 Å². The van der Waals surface area contributed by atoms with Gasteiger partial charge in [0.15, 0.2) is 6.04 Å². The molecule has 0 aromatic heterocycles. The molecule has 102 valence electrons. The molecule has 0 saturated carbocycles. The normalized spacial score (nSPS) is 19.4. The molecule has 2 amide bonds. The van der Waals surface area contributed by atoms with E-state index in [0.29, 0.717) is 5.69 Å². The summed E-state index contributed by atoms with van der Waals surface area (Å²) in [5.41, 5.74) is 1.46. The third kappa shape index (κ3) is 2.41. The molecular formula is C14H18N2O3. The largest absolute Gasteiger partial charge is 0.480 e. The quantitative estimate of drug-likeness (QED) is 0.856. The zero-order chi connectivity index (χ0) is 14.2. The van der Waals surface area contributed by atoms with Gasteiger partial charge >= 0.3 is 12.0 Å². The number of hydrogen-bond acceptors (Lipinski definition) is 2. The number of aliphatic carboxylic acids is 1. The fourth-order valence-corrected chi connectivity index (χ4v) is 2.29. The number of benzene rings is 1. The maximum atomic E-state index is 11.9. The first-order valence-electron chi connectivity index (χ1n) is 6.22. The summed E-state index contributed by atoms with van der Waals surface area (Å²) in [5, 5.41) is 11.8. The van der Waals surface area contributed by atoms with Crippen LogP contribution in [0.25, 0.3) is 0 Å². The number of carboxylic acids is 1. The second kappa shape index (κ2) is 4.57. The van der Waals surface area contributed by atoms with Crippen molar-refractivity contribution in [3.05, 3.63) is 29.8 Å². The van der Waals surface area contributed by atoms with Crippen LogP contribution in [0.4, 0.5) is 10.5 Å². The fraction of sp³-hybridized carbons (Fsp3) is 0.429. The monoisotopic (exact) mass is 262 g/mol. The molecule has 1 aliphatic rings. The lowest BCUT2D eigenvalue weighted by atomic mass is 9.85. The summed E-state index contributed by atoms with van der Waals surface area (Å²) in [6.07, 6.45) is 0. The molecule has 1 aliphatic heterocycles. The number of amides is 2. The molecule has 1 aromatic carbocycles. The molecule has 0 spiro atoms. The molecular weight excluding hydrogens is 244 g/mol. The van der Waals surface area contributed by atoms with Crippen molar-refractivity contribution in [2.45, 2.75) is 32.2 Å². The highest BCUT2D eigenvalue weighted by Crippen LogP contribution is 2.33. The van der Waals surface area contributed by atoms with Crippen molar-refractivity contribution in [3.8, 4) is 0 Å². The molecule has 1 heterocycles. The highest BCUT2D eigenvalue weighted by molar-refractivity contribution is 6.02. The molecule has 5 nitrogen and oxygen atoms in total. The molecule has 1 fully saturated rings. The Bertz CT molecular complexity index is 520. The van der Waals surface area contributed by atoms with Crippen molar-refractivity contribution in [1.82, 2.24) is 5.32 Å². The van der Waals surface area contributed by atoms with Gasteiger partial charge in [-0.05, 0) is 17.0 Å². The molecule has 1 aromatic rings. The van der Waals surface area contributed by atoms with E-state index in [-0.39, 0.29) is 18.0 Å². The summed E-state index contributed by atoms with van der Waals surface area (Å²) in [5.74, 6) is -0.998. The van der Waals surface area contributed by atoms with E-state index in [1.165, 1.54) is 4.90 Å². The summed E-state index contributed by atoms with van der Waals surface area (Å²) < 4.78 is 0. The molecule has 1 atom stereocenters. The number of para-hydroxylation sites is 1. The van der Waals surface area contributed by atoms with Crippen molar-refractivity contribution >= 4 is 17.7 Å². The Kier molecular flexibility index (Phi) is 3.22. The molecule has 19 heavy (non-hydrogen) atoms. The fourth-order valence-electron chi connectivity index (χ4n) is 2.29. The number of nitrogens with zero attached hydrogens (tertiary/aromatic N) is 1. The van der Waals surface area contributed by atoms with E-state index < -0.39 is 12.0 Å². The second-order valence-corrected chi connectivity index (χ2v) is 5.68. The van der Waals surface area contributed by atoms with Gasteiger partial charge in [0.1, 0.15) is 0 Å². The molecule has 2 N–H and O–H groups in total. The van der Waals surface area contributed by atoms with Crippen LogP contribution in [0.3, 0.4) is 0 Å². The van der Waals surface area contributed by atoms with Crippen molar-refractivity contribution in [1.29, 1.82) is 0 Å². The SMILES string of the molecule is CC(C)(C)c1ccccc1N1C(=O)NCC1C(=O)O. The first kappa shape index (κ1) is 13.4. The molecule has 5 heteroatoms. The number of carboxylic acid groups (broad SMARTS) is 1. The van der Waals surface area contributed by atoms with Gasteiger partial charge in [0.2, 0.25) is 0 Å². The van der Waals surface area contributed by atoms with Crippen LogP contribution in [0.5, 0.6) is 0 Å². The Morgan fingerprint density at radius 2 is 2.00 bits per heavy atom. The number of nitrogens with one attached hydrogen (secondary N) is 1. The molecule has 1 saturated heterocycles. The smallest absolute Gasteiger partial charge is 0.328 e. The Labute approximate surface area is 112 Å². The van der Waals surface area contributed by atoms with E-state index >= 15 is 0 Å². The van der Waals surface area contributed by atoms with Crippen LogP contribution in [0.2, 0.25) is 0 Å². The summed E-state index contributed by atoms with van der Waals surface area (Å²) >= 11 is 0. The summed E-state index contributed by atoms with van der Waals surface area (Å²) in [6.45, 7) is 6.24. The average molecular weight is 262 g/mol. The van der Waals surface area contributed by atoms with Gasteiger partial charge in [-0.25, -0.2) is 9.59 Å². The van der Waals surface area contributed by atoms with Crippen LogP contribution in [0.15, 0.2) is 24.3 Å². The zero-order valence-electron chi connectivity index (χ0n) is 11.3. The predicted molar refractivity (Wildman–Crippen MR) is 72.4 cm³/mol. The molecule has 2 rings (SSSR count). The topological polar surface area (TPSA) is 69.6 Å². The van der Waals surface area contributed by atoms with Crippen LogP contribution in [-0.4, -0.2) is 29.7 Å². The number of carbonyl (C=O) groups is 2. The second-order valence-electron chi connectivity index (χ2n) is 5.68. The standard InChI is InChI=1S/C14H18N2O3/c1-14(2,3)9-6-4-5-7-10(9)16-11(12(17)18)8-15-13(16)19/h4-7,11H,8H2,1-3H3,(H,15,19)(H,17,18). The summed E-state index contributed by atoms with van der Waals surface area (Å²) in [7, 11) is 0. The van der Waals surface area contributed by atoms with E-state index in [0.717, 1.165) is 5.56 Å².